The molecule has 1 unspecified atom stereocenters. The van der Waals surface area contributed by atoms with Crippen LogP contribution in [0, 0.1) is 13.8 Å². The molecule has 0 spiro atoms. The number of nitrogens with zero attached hydrogens (tertiary/aromatic N) is 2. The van der Waals surface area contributed by atoms with Crippen LogP contribution in [0.3, 0.4) is 0 Å². The molecule has 0 amide bonds. The van der Waals surface area contributed by atoms with Crippen LogP contribution >= 0.6 is 0 Å². The average Bonchev–Trinajstić information content (AvgIpc) is 2.56. The van der Waals surface area contributed by atoms with E-state index in [1.54, 1.807) is 0 Å². The predicted molar refractivity (Wildman–Crippen MR) is 63.2 cm³/mol. The van der Waals surface area contributed by atoms with E-state index >= 15 is 0 Å². The van der Waals surface area contributed by atoms with E-state index in [-0.39, 0.29) is 0 Å². The summed E-state index contributed by atoms with van der Waals surface area (Å²) in [7, 11) is 2.17. The summed E-state index contributed by atoms with van der Waals surface area (Å²) in [5, 5.41) is 3.56. The van der Waals surface area contributed by atoms with Crippen molar-refractivity contribution in [1.82, 2.24) is 9.88 Å². The molecule has 0 saturated carbocycles. The van der Waals surface area contributed by atoms with Crippen molar-refractivity contribution in [2.45, 2.75) is 26.3 Å². The lowest BCUT2D eigenvalue weighted by atomic mass is 10.2. The first-order valence-corrected chi connectivity index (χ1v) is 5.54. The van der Waals surface area contributed by atoms with E-state index in [1.807, 2.05) is 6.92 Å². The molecule has 1 aromatic heterocycles. The fraction of sp³-hybridized carbons (Fsp3) is 0.583. The topological polar surface area (TPSA) is 28.2 Å². The van der Waals surface area contributed by atoms with Gasteiger partial charge in [-0.05, 0) is 46.0 Å². The zero-order valence-electron chi connectivity index (χ0n) is 9.75. The molecular formula is C12H19N3. The molecule has 1 aromatic rings. The Bertz CT molecular complexity index is 349. The summed E-state index contributed by atoms with van der Waals surface area (Å²) >= 11 is 0. The highest BCUT2D eigenvalue weighted by Crippen LogP contribution is 2.17. The van der Waals surface area contributed by atoms with E-state index in [1.165, 1.54) is 18.7 Å². The Kier molecular flexibility index (Phi) is 2.91. The molecule has 0 aliphatic carbocycles. The van der Waals surface area contributed by atoms with Crippen molar-refractivity contribution in [3.05, 3.63) is 23.5 Å². The van der Waals surface area contributed by atoms with Gasteiger partial charge in [0, 0.05) is 18.3 Å². The van der Waals surface area contributed by atoms with Crippen LogP contribution < -0.4 is 5.32 Å². The largest absolute Gasteiger partial charge is 0.380 e. The van der Waals surface area contributed by atoms with Crippen molar-refractivity contribution in [1.29, 1.82) is 0 Å². The van der Waals surface area contributed by atoms with Crippen molar-refractivity contribution >= 4 is 5.69 Å². The Balaban J connectivity index is 2.04. The summed E-state index contributed by atoms with van der Waals surface area (Å²) in [6, 6.07) is 4.78. The van der Waals surface area contributed by atoms with Crippen LogP contribution in [0.5, 0.6) is 0 Å². The Morgan fingerprint density at radius 3 is 2.80 bits per heavy atom. The maximum atomic E-state index is 4.46. The normalized spacial score (nSPS) is 21.9. The second kappa shape index (κ2) is 4.19. The number of aryl methyl sites for hydroxylation is 2. The third-order valence-corrected chi connectivity index (χ3v) is 2.98. The SMILES string of the molecule is Cc1ccc(NC2CCN(C)C2)c(C)n1. The summed E-state index contributed by atoms with van der Waals surface area (Å²) in [5.74, 6) is 0. The molecule has 2 heterocycles. The second-order valence-corrected chi connectivity index (χ2v) is 4.48. The summed E-state index contributed by atoms with van der Waals surface area (Å²) in [4.78, 5) is 6.81. The van der Waals surface area contributed by atoms with E-state index in [2.05, 4.69) is 41.3 Å². The zero-order chi connectivity index (χ0) is 10.8. The van der Waals surface area contributed by atoms with Gasteiger partial charge in [0.05, 0.1) is 11.4 Å². The van der Waals surface area contributed by atoms with Crippen molar-refractivity contribution in [2.75, 3.05) is 25.5 Å². The standard InChI is InChI=1S/C12H19N3/c1-9-4-5-12(10(2)13-9)14-11-6-7-15(3)8-11/h4-5,11,14H,6-8H2,1-3H3. The van der Waals surface area contributed by atoms with Gasteiger partial charge in [0.25, 0.3) is 0 Å². The van der Waals surface area contributed by atoms with E-state index in [0.29, 0.717) is 6.04 Å². The highest BCUT2D eigenvalue weighted by Gasteiger charge is 2.19. The van der Waals surface area contributed by atoms with Crippen LogP contribution in [0.2, 0.25) is 0 Å². The van der Waals surface area contributed by atoms with Gasteiger partial charge in [-0.2, -0.15) is 0 Å². The van der Waals surface area contributed by atoms with Crippen molar-refractivity contribution < 1.29 is 0 Å². The van der Waals surface area contributed by atoms with Gasteiger partial charge in [-0.1, -0.05) is 0 Å². The van der Waals surface area contributed by atoms with Crippen LogP contribution in [0.1, 0.15) is 17.8 Å². The molecule has 0 radical (unpaired) electrons. The molecule has 2 rings (SSSR count). The number of rotatable bonds is 2. The second-order valence-electron chi connectivity index (χ2n) is 4.48. The lowest BCUT2D eigenvalue weighted by molar-refractivity contribution is 0.414. The van der Waals surface area contributed by atoms with Crippen molar-refractivity contribution in [2.24, 2.45) is 0 Å². The molecule has 0 bridgehead atoms. The fourth-order valence-corrected chi connectivity index (χ4v) is 2.11. The number of hydrogen-bond acceptors (Lipinski definition) is 3. The zero-order valence-corrected chi connectivity index (χ0v) is 9.75. The summed E-state index contributed by atoms with van der Waals surface area (Å²) in [6.45, 7) is 6.41. The quantitative estimate of drug-likeness (QED) is 0.798. The van der Waals surface area contributed by atoms with Gasteiger partial charge in [-0.15, -0.1) is 0 Å². The third-order valence-electron chi connectivity index (χ3n) is 2.98. The minimum absolute atomic E-state index is 0.582. The molecule has 0 aromatic carbocycles. The summed E-state index contributed by atoms with van der Waals surface area (Å²) in [5.41, 5.74) is 3.37. The van der Waals surface area contributed by atoms with Crippen LogP contribution in [0.25, 0.3) is 0 Å². The fourth-order valence-electron chi connectivity index (χ4n) is 2.11. The number of likely N-dealkylation sites (N-methyl/N-ethyl adjacent to an activating group) is 1. The monoisotopic (exact) mass is 205 g/mol. The molecular weight excluding hydrogens is 186 g/mol. The molecule has 1 N–H and O–H groups in total. The molecule has 3 heteroatoms. The number of hydrogen-bond donors (Lipinski definition) is 1. The Morgan fingerprint density at radius 2 is 2.20 bits per heavy atom. The number of nitrogens with one attached hydrogen (secondary N) is 1. The Labute approximate surface area is 91.5 Å². The maximum Gasteiger partial charge on any atom is 0.0606 e. The number of aromatic nitrogens is 1. The molecule has 82 valence electrons. The highest BCUT2D eigenvalue weighted by atomic mass is 15.2. The van der Waals surface area contributed by atoms with Crippen LogP contribution in [-0.2, 0) is 0 Å². The predicted octanol–water partition coefficient (Wildman–Crippen LogP) is 1.81. The molecule has 1 aliphatic rings. The number of anilines is 1. The van der Waals surface area contributed by atoms with Gasteiger partial charge >= 0.3 is 0 Å². The first-order chi connectivity index (χ1) is 7.15. The minimum Gasteiger partial charge on any atom is -0.380 e. The average molecular weight is 205 g/mol. The van der Waals surface area contributed by atoms with Gasteiger partial charge in [0.15, 0.2) is 0 Å². The van der Waals surface area contributed by atoms with E-state index in [4.69, 9.17) is 0 Å². The van der Waals surface area contributed by atoms with Crippen LogP contribution in [0.4, 0.5) is 5.69 Å². The lowest BCUT2D eigenvalue weighted by Crippen LogP contribution is -2.24. The van der Waals surface area contributed by atoms with Crippen LogP contribution in [0.15, 0.2) is 12.1 Å². The van der Waals surface area contributed by atoms with Crippen LogP contribution in [-0.4, -0.2) is 36.1 Å². The smallest absolute Gasteiger partial charge is 0.0606 e. The van der Waals surface area contributed by atoms with Gasteiger partial charge < -0.3 is 10.2 Å². The highest BCUT2D eigenvalue weighted by molar-refractivity contribution is 5.48. The molecule has 3 nitrogen and oxygen atoms in total. The Morgan fingerprint density at radius 1 is 1.40 bits per heavy atom. The van der Waals surface area contributed by atoms with Crippen molar-refractivity contribution in [3.63, 3.8) is 0 Å². The molecule has 1 fully saturated rings. The summed E-state index contributed by atoms with van der Waals surface area (Å²) < 4.78 is 0. The van der Waals surface area contributed by atoms with E-state index < -0.39 is 0 Å². The molecule has 1 saturated heterocycles. The van der Waals surface area contributed by atoms with Gasteiger partial charge in [0.1, 0.15) is 0 Å². The van der Waals surface area contributed by atoms with Crippen molar-refractivity contribution in [3.8, 4) is 0 Å². The first-order valence-electron chi connectivity index (χ1n) is 5.54. The number of pyridine rings is 1. The molecule has 15 heavy (non-hydrogen) atoms. The van der Waals surface area contributed by atoms with E-state index in [9.17, 15) is 0 Å². The summed E-state index contributed by atoms with van der Waals surface area (Å²) in [6.07, 6.45) is 1.23. The van der Waals surface area contributed by atoms with E-state index in [0.717, 1.165) is 17.9 Å². The Hall–Kier alpha value is -1.09. The first kappa shape index (κ1) is 10.4. The molecule has 1 aliphatic heterocycles. The molecule has 1 atom stereocenters. The van der Waals surface area contributed by atoms with Gasteiger partial charge in [-0.3, -0.25) is 4.98 Å². The maximum absolute atomic E-state index is 4.46. The third kappa shape index (κ3) is 2.48. The van der Waals surface area contributed by atoms with Gasteiger partial charge in [-0.25, -0.2) is 0 Å². The lowest BCUT2D eigenvalue weighted by Gasteiger charge is -2.15. The number of likely N-dealkylation sites (tertiary alicyclic amines) is 1. The van der Waals surface area contributed by atoms with Gasteiger partial charge in [0.2, 0.25) is 0 Å². The minimum atomic E-state index is 0.582.